The Kier molecular flexibility index (Phi) is 8.30. The van der Waals surface area contributed by atoms with Crippen LogP contribution in [0.5, 0.6) is 0 Å². The Morgan fingerprint density at radius 2 is 1.62 bits per heavy atom. The zero-order valence-electron chi connectivity index (χ0n) is 18.9. The molecule has 2 rings (SSSR count). The summed E-state index contributed by atoms with van der Waals surface area (Å²) in [5.74, 6) is -5.57. The van der Waals surface area contributed by atoms with Crippen molar-refractivity contribution in [2.45, 2.75) is 52.5 Å². The molecule has 0 bridgehead atoms. The van der Waals surface area contributed by atoms with E-state index in [2.05, 4.69) is 10.3 Å². The largest absolute Gasteiger partial charge is 0.452 e. The maximum Gasteiger partial charge on any atom is 0.452 e. The van der Waals surface area contributed by atoms with Crippen molar-refractivity contribution in [1.82, 2.24) is 20.2 Å². The van der Waals surface area contributed by atoms with E-state index in [1.807, 2.05) is 5.32 Å². The Labute approximate surface area is 192 Å². The normalized spacial score (nSPS) is 12.5. The quantitative estimate of drug-likeness (QED) is 0.560. The van der Waals surface area contributed by atoms with E-state index in [1.54, 1.807) is 13.8 Å². The summed E-state index contributed by atoms with van der Waals surface area (Å²) in [4.78, 5) is 53.9. The third-order valence-electron chi connectivity index (χ3n) is 4.66. The van der Waals surface area contributed by atoms with Crippen molar-refractivity contribution in [3.8, 4) is 11.4 Å². The van der Waals surface area contributed by atoms with Crippen LogP contribution in [0.15, 0.2) is 35.3 Å². The fourth-order valence-electron chi connectivity index (χ4n) is 3.04. The molecule has 2 aromatic rings. The molecule has 0 radical (unpaired) electrons. The summed E-state index contributed by atoms with van der Waals surface area (Å²) in [5.41, 5.74) is -1.13. The molecule has 2 N–H and O–H groups in total. The van der Waals surface area contributed by atoms with E-state index in [1.165, 1.54) is 26.0 Å². The molecule has 1 aromatic heterocycles. The van der Waals surface area contributed by atoms with Crippen LogP contribution in [0.2, 0.25) is 0 Å². The van der Waals surface area contributed by atoms with Crippen molar-refractivity contribution in [3.05, 3.63) is 52.2 Å². The Bertz CT molecular complexity index is 1130. The van der Waals surface area contributed by atoms with E-state index in [0.717, 1.165) is 22.9 Å². The standard InChI is InChI=1S/C22H24F4N4O4/c1-11(2)17(18(32)22(24,25)26)29-16(31)10-30-19(13-5-7-14(23)8-6-13)27-9-15(21(30)34)20(33)28-12(3)4/h5-9,11-12,17H,10H2,1-4H3,(H,28,33)(H,29,31). The van der Waals surface area contributed by atoms with Crippen LogP contribution in [-0.2, 0) is 16.1 Å². The second kappa shape index (κ2) is 10.6. The number of benzene rings is 1. The molecule has 34 heavy (non-hydrogen) atoms. The first-order valence-electron chi connectivity index (χ1n) is 10.3. The number of hydrogen-bond donors (Lipinski definition) is 2. The number of carbonyl (C=O) groups is 3. The molecule has 0 saturated carbocycles. The zero-order valence-corrected chi connectivity index (χ0v) is 18.9. The van der Waals surface area contributed by atoms with Gasteiger partial charge in [-0.2, -0.15) is 13.2 Å². The fraction of sp³-hybridized carbons (Fsp3) is 0.409. The number of carbonyl (C=O) groups excluding carboxylic acids is 3. The maximum atomic E-state index is 13.3. The van der Waals surface area contributed by atoms with Gasteiger partial charge in [0.15, 0.2) is 0 Å². The minimum Gasteiger partial charge on any atom is -0.350 e. The number of halogens is 4. The van der Waals surface area contributed by atoms with Crippen LogP contribution in [0.25, 0.3) is 11.4 Å². The minimum atomic E-state index is -5.17. The second-order valence-electron chi connectivity index (χ2n) is 8.17. The number of Topliss-reactive ketones (excluding diaryl/α,β-unsaturated/α-hetero) is 1. The number of alkyl halides is 3. The first kappa shape index (κ1) is 26.7. The van der Waals surface area contributed by atoms with Crippen LogP contribution in [0.3, 0.4) is 0 Å². The molecule has 0 aliphatic rings. The molecule has 1 atom stereocenters. The Hall–Kier alpha value is -3.57. The summed E-state index contributed by atoms with van der Waals surface area (Å²) in [5, 5.41) is 4.52. The van der Waals surface area contributed by atoms with Crippen molar-refractivity contribution in [1.29, 1.82) is 0 Å². The number of ketones is 1. The monoisotopic (exact) mass is 484 g/mol. The Balaban J connectivity index is 2.50. The second-order valence-corrected chi connectivity index (χ2v) is 8.17. The van der Waals surface area contributed by atoms with Gasteiger partial charge in [-0.1, -0.05) is 13.8 Å². The molecule has 2 amide bonds. The van der Waals surface area contributed by atoms with E-state index in [4.69, 9.17) is 0 Å². The lowest BCUT2D eigenvalue weighted by molar-refractivity contribution is -0.174. The third-order valence-corrected chi connectivity index (χ3v) is 4.66. The van der Waals surface area contributed by atoms with Crippen LogP contribution in [0.4, 0.5) is 17.6 Å². The van der Waals surface area contributed by atoms with Crippen LogP contribution in [0.1, 0.15) is 38.1 Å². The summed E-state index contributed by atoms with van der Waals surface area (Å²) in [6.07, 6.45) is -4.17. The van der Waals surface area contributed by atoms with Crippen molar-refractivity contribution in [2.75, 3.05) is 0 Å². The summed E-state index contributed by atoms with van der Waals surface area (Å²) < 4.78 is 52.9. The number of nitrogens with one attached hydrogen (secondary N) is 2. The first-order valence-corrected chi connectivity index (χ1v) is 10.3. The molecule has 8 nitrogen and oxygen atoms in total. The Morgan fingerprint density at radius 1 is 1.03 bits per heavy atom. The van der Waals surface area contributed by atoms with Crippen LogP contribution < -0.4 is 16.2 Å². The van der Waals surface area contributed by atoms with E-state index in [0.29, 0.717) is 0 Å². The molecule has 1 heterocycles. The SMILES string of the molecule is CC(C)NC(=O)c1cnc(-c2ccc(F)cc2)n(CC(=O)NC(C(=O)C(F)(F)F)C(C)C)c1=O. The van der Waals surface area contributed by atoms with Crippen molar-refractivity contribution in [3.63, 3.8) is 0 Å². The Morgan fingerprint density at radius 3 is 2.12 bits per heavy atom. The van der Waals surface area contributed by atoms with Gasteiger partial charge in [0.25, 0.3) is 17.2 Å². The van der Waals surface area contributed by atoms with Crippen LogP contribution in [0, 0.1) is 11.7 Å². The highest BCUT2D eigenvalue weighted by atomic mass is 19.4. The molecular weight excluding hydrogens is 460 g/mol. The predicted octanol–water partition coefficient (Wildman–Crippen LogP) is 2.46. The van der Waals surface area contributed by atoms with Gasteiger partial charge in [-0.3, -0.25) is 23.7 Å². The molecule has 0 aliphatic carbocycles. The third kappa shape index (κ3) is 6.49. The van der Waals surface area contributed by atoms with Crippen LogP contribution in [-0.4, -0.2) is 45.4 Å². The van der Waals surface area contributed by atoms with E-state index < -0.39 is 59.2 Å². The highest BCUT2D eigenvalue weighted by Crippen LogP contribution is 2.21. The first-order chi connectivity index (χ1) is 15.7. The fourth-order valence-corrected chi connectivity index (χ4v) is 3.04. The molecule has 0 fully saturated rings. The number of aromatic nitrogens is 2. The van der Waals surface area contributed by atoms with Gasteiger partial charge in [-0.25, -0.2) is 9.37 Å². The highest BCUT2D eigenvalue weighted by molar-refractivity contribution is 5.94. The van der Waals surface area contributed by atoms with Gasteiger partial charge in [-0.05, 0) is 44.0 Å². The van der Waals surface area contributed by atoms with Gasteiger partial charge >= 0.3 is 6.18 Å². The van der Waals surface area contributed by atoms with Gasteiger partial charge in [-0.15, -0.1) is 0 Å². The van der Waals surface area contributed by atoms with Gasteiger partial charge in [0, 0.05) is 17.8 Å². The smallest absolute Gasteiger partial charge is 0.350 e. The van der Waals surface area contributed by atoms with Gasteiger partial charge in [0.2, 0.25) is 5.91 Å². The average molecular weight is 484 g/mol. The zero-order chi connectivity index (χ0) is 25.8. The van der Waals surface area contributed by atoms with Crippen molar-refractivity contribution >= 4 is 17.6 Å². The summed E-state index contributed by atoms with van der Waals surface area (Å²) in [7, 11) is 0. The molecular formula is C22H24F4N4O4. The van der Waals surface area contributed by atoms with E-state index >= 15 is 0 Å². The summed E-state index contributed by atoms with van der Waals surface area (Å²) in [6.45, 7) is 5.13. The molecule has 1 aromatic carbocycles. The number of hydrogen-bond acceptors (Lipinski definition) is 5. The van der Waals surface area contributed by atoms with Gasteiger partial charge < -0.3 is 10.6 Å². The highest BCUT2D eigenvalue weighted by Gasteiger charge is 2.45. The molecule has 0 spiro atoms. The minimum absolute atomic E-state index is 0.121. The molecule has 0 aliphatic heterocycles. The maximum absolute atomic E-state index is 13.3. The van der Waals surface area contributed by atoms with Gasteiger partial charge in [0.05, 0.1) is 6.04 Å². The van der Waals surface area contributed by atoms with Crippen molar-refractivity contribution < 1.29 is 31.9 Å². The van der Waals surface area contributed by atoms with E-state index in [9.17, 15) is 36.7 Å². The molecule has 12 heteroatoms. The lowest BCUT2D eigenvalue weighted by Crippen LogP contribution is -2.51. The molecule has 1 unspecified atom stereocenters. The van der Waals surface area contributed by atoms with Crippen LogP contribution >= 0.6 is 0 Å². The summed E-state index contributed by atoms with van der Waals surface area (Å²) in [6, 6.07) is 2.54. The number of nitrogens with zero attached hydrogens (tertiary/aromatic N) is 2. The topological polar surface area (TPSA) is 110 Å². The molecule has 0 saturated heterocycles. The lowest BCUT2D eigenvalue weighted by Gasteiger charge is -2.23. The van der Waals surface area contributed by atoms with Gasteiger partial charge in [0.1, 0.15) is 23.7 Å². The van der Waals surface area contributed by atoms with E-state index in [-0.39, 0.29) is 17.4 Å². The predicted molar refractivity (Wildman–Crippen MR) is 114 cm³/mol. The average Bonchev–Trinajstić information content (AvgIpc) is 2.72. The van der Waals surface area contributed by atoms with Crippen molar-refractivity contribution in [2.24, 2.45) is 5.92 Å². The lowest BCUT2D eigenvalue weighted by atomic mass is 9.99. The number of rotatable bonds is 8. The summed E-state index contributed by atoms with van der Waals surface area (Å²) >= 11 is 0. The molecule has 184 valence electrons. The number of amides is 2.